The molecule has 1 atom stereocenters. The average Bonchev–Trinajstić information content (AvgIpc) is 2.93. The van der Waals surface area contributed by atoms with Gasteiger partial charge in [-0.05, 0) is 43.9 Å². The second-order valence-electron chi connectivity index (χ2n) is 6.42. The molecule has 0 spiro atoms. The summed E-state index contributed by atoms with van der Waals surface area (Å²) in [6, 6.07) is 5.05. The highest BCUT2D eigenvalue weighted by Gasteiger charge is 2.30. The largest absolute Gasteiger partial charge is 0.416 e. The van der Waals surface area contributed by atoms with Gasteiger partial charge in [-0.1, -0.05) is 12.1 Å². The first kappa shape index (κ1) is 17.5. The van der Waals surface area contributed by atoms with E-state index in [0.29, 0.717) is 19.4 Å². The number of fused-ring (bicyclic) bond motifs is 1. The van der Waals surface area contributed by atoms with Gasteiger partial charge >= 0.3 is 6.18 Å². The first-order valence-corrected chi connectivity index (χ1v) is 8.31. The van der Waals surface area contributed by atoms with E-state index in [1.165, 1.54) is 12.1 Å². The summed E-state index contributed by atoms with van der Waals surface area (Å²) in [6.07, 6.45) is -1.61. The standard InChI is InChI=1S/C18H20F3N3O/c1-11-23-15-7-4-13(10-16(15)24-11)17(25)22-9-8-12-2-5-14(6-3-12)18(19,20)21/h2-3,5-6,13H,4,7-10H2,1H3,(H,22,25)(H,23,24). The van der Waals surface area contributed by atoms with Gasteiger partial charge < -0.3 is 10.3 Å². The maximum atomic E-state index is 12.5. The van der Waals surface area contributed by atoms with Crippen LogP contribution < -0.4 is 5.32 Å². The Kier molecular flexibility index (Phi) is 4.83. The van der Waals surface area contributed by atoms with Gasteiger partial charge in [-0.3, -0.25) is 4.79 Å². The highest BCUT2D eigenvalue weighted by molar-refractivity contribution is 5.79. The number of alkyl halides is 3. The summed E-state index contributed by atoms with van der Waals surface area (Å²) in [5.41, 5.74) is 2.19. The highest BCUT2D eigenvalue weighted by Crippen LogP contribution is 2.29. The lowest BCUT2D eigenvalue weighted by Gasteiger charge is -2.20. The highest BCUT2D eigenvalue weighted by atomic mass is 19.4. The van der Waals surface area contributed by atoms with Gasteiger partial charge in [-0.2, -0.15) is 13.2 Å². The van der Waals surface area contributed by atoms with E-state index in [9.17, 15) is 18.0 Å². The van der Waals surface area contributed by atoms with Gasteiger partial charge in [0.15, 0.2) is 0 Å². The Morgan fingerprint density at radius 2 is 2.04 bits per heavy atom. The Morgan fingerprint density at radius 1 is 1.32 bits per heavy atom. The third-order valence-corrected chi connectivity index (χ3v) is 4.53. The van der Waals surface area contributed by atoms with Crippen molar-refractivity contribution >= 4 is 5.91 Å². The Bertz CT molecular complexity index is 750. The number of amides is 1. The fourth-order valence-corrected chi connectivity index (χ4v) is 3.18. The average molecular weight is 351 g/mol. The van der Waals surface area contributed by atoms with Crippen LogP contribution in [0, 0.1) is 12.8 Å². The van der Waals surface area contributed by atoms with E-state index in [4.69, 9.17) is 0 Å². The molecule has 1 aliphatic carbocycles. The Labute approximate surface area is 143 Å². The Balaban J connectivity index is 1.48. The van der Waals surface area contributed by atoms with Crippen molar-refractivity contribution in [3.05, 3.63) is 52.6 Å². The number of nitrogens with one attached hydrogen (secondary N) is 2. The van der Waals surface area contributed by atoms with Crippen LogP contribution in [0.2, 0.25) is 0 Å². The van der Waals surface area contributed by atoms with Crippen molar-refractivity contribution in [1.82, 2.24) is 15.3 Å². The van der Waals surface area contributed by atoms with Crippen LogP contribution in [0.5, 0.6) is 0 Å². The number of aromatic nitrogens is 2. The van der Waals surface area contributed by atoms with E-state index in [1.54, 1.807) is 0 Å². The smallest absolute Gasteiger partial charge is 0.356 e. The fraction of sp³-hybridized carbons (Fsp3) is 0.444. The molecule has 0 radical (unpaired) electrons. The molecule has 1 heterocycles. The van der Waals surface area contributed by atoms with Gasteiger partial charge in [0, 0.05) is 24.6 Å². The van der Waals surface area contributed by atoms with Crippen molar-refractivity contribution in [3.63, 3.8) is 0 Å². The summed E-state index contributed by atoms with van der Waals surface area (Å²) >= 11 is 0. The molecule has 0 saturated heterocycles. The number of imidazole rings is 1. The van der Waals surface area contributed by atoms with Gasteiger partial charge in [0.25, 0.3) is 0 Å². The Hall–Kier alpha value is -2.31. The zero-order chi connectivity index (χ0) is 18.0. The van der Waals surface area contributed by atoms with Gasteiger partial charge in [0.1, 0.15) is 5.82 Å². The summed E-state index contributed by atoms with van der Waals surface area (Å²) in [5, 5.41) is 2.89. The maximum Gasteiger partial charge on any atom is 0.416 e. The number of nitrogens with zero attached hydrogens (tertiary/aromatic N) is 1. The van der Waals surface area contributed by atoms with Gasteiger partial charge in [0.2, 0.25) is 5.91 Å². The zero-order valence-electron chi connectivity index (χ0n) is 13.9. The van der Waals surface area contributed by atoms with Crippen LogP contribution >= 0.6 is 0 Å². The normalized spacial score (nSPS) is 17.2. The second-order valence-corrected chi connectivity index (χ2v) is 6.42. The number of aromatic amines is 1. The second kappa shape index (κ2) is 6.90. The molecule has 2 N–H and O–H groups in total. The first-order valence-electron chi connectivity index (χ1n) is 8.31. The van der Waals surface area contributed by atoms with Crippen molar-refractivity contribution in [2.45, 2.75) is 38.8 Å². The predicted molar refractivity (Wildman–Crippen MR) is 87.0 cm³/mol. The molecule has 0 fully saturated rings. The van der Waals surface area contributed by atoms with E-state index in [-0.39, 0.29) is 11.8 Å². The number of hydrogen-bond donors (Lipinski definition) is 2. The summed E-state index contributed by atoms with van der Waals surface area (Å²) in [4.78, 5) is 19.9. The van der Waals surface area contributed by atoms with Crippen LogP contribution in [0.4, 0.5) is 13.2 Å². The third kappa shape index (κ3) is 4.21. The summed E-state index contributed by atoms with van der Waals surface area (Å²) in [7, 11) is 0. The number of benzene rings is 1. The van der Waals surface area contributed by atoms with Crippen molar-refractivity contribution in [1.29, 1.82) is 0 Å². The van der Waals surface area contributed by atoms with E-state index >= 15 is 0 Å². The van der Waals surface area contributed by atoms with Gasteiger partial charge in [-0.25, -0.2) is 4.98 Å². The van der Waals surface area contributed by atoms with Crippen LogP contribution in [0.25, 0.3) is 0 Å². The lowest BCUT2D eigenvalue weighted by atomic mass is 9.89. The van der Waals surface area contributed by atoms with Gasteiger partial charge in [0.05, 0.1) is 11.3 Å². The molecule has 1 unspecified atom stereocenters. The number of halogens is 3. The lowest BCUT2D eigenvalue weighted by Crippen LogP contribution is -2.35. The predicted octanol–water partition coefficient (Wildman–Crippen LogP) is 3.20. The van der Waals surface area contributed by atoms with Crippen molar-refractivity contribution in [3.8, 4) is 0 Å². The fourth-order valence-electron chi connectivity index (χ4n) is 3.18. The van der Waals surface area contributed by atoms with E-state index in [0.717, 1.165) is 47.8 Å². The molecule has 1 aromatic heterocycles. The van der Waals surface area contributed by atoms with E-state index in [1.807, 2.05) is 6.92 Å². The van der Waals surface area contributed by atoms with Crippen molar-refractivity contribution in [2.24, 2.45) is 5.92 Å². The SMILES string of the molecule is Cc1nc2c([nH]1)CC(C(=O)NCCc1ccc(C(F)(F)F)cc1)CC2. The zero-order valence-corrected chi connectivity index (χ0v) is 13.9. The molecule has 0 aliphatic heterocycles. The number of hydrogen-bond acceptors (Lipinski definition) is 2. The van der Waals surface area contributed by atoms with Crippen LogP contribution in [0.3, 0.4) is 0 Å². The molecular weight excluding hydrogens is 331 g/mol. The minimum absolute atomic E-state index is 0.00943. The van der Waals surface area contributed by atoms with Crippen LogP contribution in [-0.2, 0) is 30.2 Å². The van der Waals surface area contributed by atoms with E-state index < -0.39 is 11.7 Å². The first-order chi connectivity index (χ1) is 11.8. The molecule has 3 rings (SSSR count). The molecular formula is C18H20F3N3O. The monoisotopic (exact) mass is 351 g/mol. The van der Waals surface area contributed by atoms with Crippen LogP contribution in [-0.4, -0.2) is 22.4 Å². The minimum atomic E-state index is -4.32. The van der Waals surface area contributed by atoms with Crippen LogP contribution in [0.15, 0.2) is 24.3 Å². The number of carbonyl (C=O) groups is 1. The molecule has 1 aliphatic rings. The Morgan fingerprint density at radius 3 is 2.72 bits per heavy atom. The number of H-pyrrole nitrogens is 1. The van der Waals surface area contributed by atoms with Crippen molar-refractivity contribution in [2.75, 3.05) is 6.54 Å². The lowest BCUT2D eigenvalue weighted by molar-refractivity contribution is -0.137. The van der Waals surface area contributed by atoms with Crippen LogP contribution in [0.1, 0.15) is 34.8 Å². The number of aryl methyl sites for hydroxylation is 2. The molecule has 2 aromatic rings. The molecule has 0 bridgehead atoms. The molecule has 25 heavy (non-hydrogen) atoms. The summed E-state index contributed by atoms with van der Waals surface area (Å²) < 4.78 is 37.6. The maximum absolute atomic E-state index is 12.5. The number of carbonyl (C=O) groups excluding carboxylic acids is 1. The molecule has 7 heteroatoms. The topological polar surface area (TPSA) is 57.8 Å². The number of rotatable bonds is 4. The molecule has 1 aromatic carbocycles. The summed E-state index contributed by atoms with van der Waals surface area (Å²) in [6.45, 7) is 2.31. The van der Waals surface area contributed by atoms with Crippen molar-refractivity contribution < 1.29 is 18.0 Å². The van der Waals surface area contributed by atoms with Gasteiger partial charge in [-0.15, -0.1) is 0 Å². The molecule has 1 amide bonds. The van der Waals surface area contributed by atoms with E-state index in [2.05, 4.69) is 15.3 Å². The third-order valence-electron chi connectivity index (χ3n) is 4.53. The summed E-state index contributed by atoms with van der Waals surface area (Å²) in [5.74, 6) is 0.776. The molecule has 0 saturated carbocycles. The molecule has 4 nitrogen and oxygen atoms in total. The quantitative estimate of drug-likeness (QED) is 0.889. The minimum Gasteiger partial charge on any atom is -0.356 e. The molecule has 134 valence electrons.